The van der Waals surface area contributed by atoms with Crippen LogP contribution in [0.1, 0.15) is 43.7 Å². The van der Waals surface area contributed by atoms with E-state index in [9.17, 15) is 23.1 Å². The minimum Gasteiger partial charge on any atom is -0.387 e. The minimum absolute atomic E-state index is 0.0222. The summed E-state index contributed by atoms with van der Waals surface area (Å²) in [4.78, 5) is 11.8. The molecule has 1 aromatic carbocycles. The molecule has 2 heterocycles. The summed E-state index contributed by atoms with van der Waals surface area (Å²) in [5, 5.41) is 18.3. The zero-order valence-electron chi connectivity index (χ0n) is 14.5. The normalized spacial score (nSPS) is 21.0. The summed E-state index contributed by atoms with van der Waals surface area (Å²) in [6.07, 6.45) is 0.813. The minimum atomic E-state index is -3.30. The molecule has 1 aromatic heterocycles. The van der Waals surface area contributed by atoms with Crippen molar-refractivity contribution in [2.75, 3.05) is 5.32 Å². The lowest BCUT2D eigenvalue weighted by Crippen LogP contribution is -2.58. The Kier molecular flexibility index (Phi) is 4.22. The molecule has 1 unspecified atom stereocenters. The number of hydrogen-bond donors (Lipinski definition) is 3. The van der Waals surface area contributed by atoms with Crippen LogP contribution >= 0.6 is 0 Å². The van der Waals surface area contributed by atoms with Gasteiger partial charge in [0.1, 0.15) is 11.4 Å². The lowest BCUT2D eigenvalue weighted by atomic mass is 9.83. The summed E-state index contributed by atoms with van der Waals surface area (Å²) >= 11 is 0. The molecule has 0 spiro atoms. The number of benzene rings is 1. The van der Waals surface area contributed by atoms with E-state index in [1.54, 1.807) is 19.2 Å². The first-order valence-corrected chi connectivity index (χ1v) is 8.02. The van der Waals surface area contributed by atoms with Crippen LogP contribution in [0, 0.1) is 5.82 Å². The van der Waals surface area contributed by atoms with Crippen molar-refractivity contribution >= 4 is 11.7 Å². The molecule has 2 amide bonds. The molecule has 6 nitrogen and oxygen atoms in total. The van der Waals surface area contributed by atoms with Crippen molar-refractivity contribution in [2.24, 2.45) is 0 Å². The highest BCUT2D eigenvalue weighted by atomic mass is 19.3. The molecular formula is C17H19F3N4O2. The van der Waals surface area contributed by atoms with Gasteiger partial charge in [0.2, 0.25) is 0 Å². The fourth-order valence-corrected chi connectivity index (χ4v) is 2.91. The van der Waals surface area contributed by atoms with E-state index in [1.807, 2.05) is 0 Å². The van der Waals surface area contributed by atoms with Gasteiger partial charge in [0.05, 0.1) is 18.3 Å². The van der Waals surface area contributed by atoms with Gasteiger partial charge in [-0.05, 0) is 32.0 Å². The fraction of sp³-hybridized carbons (Fsp3) is 0.412. The van der Waals surface area contributed by atoms with Crippen LogP contribution < -0.4 is 10.6 Å². The SMILES string of the molecule is CC(O)c1ccn(Cc2cc3c(cc2F)[C@@](C)(C(C)(F)F)NC(=O)N3)n1. The summed E-state index contributed by atoms with van der Waals surface area (Å²) in [6.45, 7) is 3.41. The monoisotopic (exact) mass is 368 g/mol. The maximum Gasteiger partial charge on any atom is 0.320 e. The summed E-state index contributed by atoms with van der Waals surface area (Å²) < 4.78 is 44.2. The van der Waals surface area contributed by atoms with Gasteiger partial charge in [-0.25, -0.2) is 18.0 Å². The van der Waals surface area contributed by atoms with E-state index in [1.165, 1.54) is 10.7 Å². The smallest absolute Gasteiger partial charge is 0.320 e. The molecule has 0 aliphatic carbocycles. The van der Waals surface area contributed by atoms with E-state index in [2.05, 4.69) is 15.7 Å². The van der Waals surface area contributed by atoms with E-state index in [-0.39, 0.29) is 23.4 Å². The van der Waals surface area contributed by atoms with Gasteiger partial charge < -0.3 is 15.7 Å². The molecule has 2 aromatic rings. The van der Waals surface area contributed by atoms with Crippen molar-refractivity contribution in [1.82, 2.24) is 15.1 Å². The second-order valence-corrected chi connectivity index (χ2v) is 6.70. The Labute approximate surface area is 148 Å². The van der Waals surface area contributed by atoms with Crippen LogP contribution in [-0.2, 0) is 12.1 Å². The highest BCUT2D eigenvalue weighted by Crippen LogP contribution is 2.43. The molecule has 0 saturated heterocycles. The third-order valence-corrected chi connectivity index (χ3v) is 4.64. The number of nitrogens with zero attached hydrogens (tertiary/aromatic N) is 2. The van der Waals surface area contributed by atoms with E-state index < -0.39 is 29.4 Å². The highest BCUT2D eigenvalue weighted by molar-refractivity contribution is 5.94. The van der Waals surface area contributed by atoms with Crippen molar-refractivity contribution in [3.8, 4) is 0 Å². The molecule has 3 N–H and O–H groups in total. The maximum atomic E-state index is 14.6. The fourth-order valence-electron chi connectivity index (χ4n) is 2.91. The Morgan fingerprint density at radius 1 is 1.42 bits per heavy atom. The van der Waals surface area contributed by atoms with Gasteiger partial charge in [-0.3, -0.25) is 4.68 Å². The Balaban J connectivity index is 2.01. The van der Waals surface area contributed by atoms with Crippen molar-refractivity contribution in [1.29, 1.82) is 0 Å². The molecular weight excluding hydrogens is 349 g/mol. The lowest BCUT2D eigenvalue weighted by molar-refractivity contribution is -0.0645. The molecule has 2 atom stereocenters. The van der Waals surface area contributed by atoms with Crippen molar-refractivity contribution in [3.63, 3.8) is 0 Å². The maximum absolute atomic E-state index is 14.6. The lowest BCUT2D eigenvalue weighted by Gasteiger charge is -2.41. The predicted molar refractivity (Wildman–Crippen MR) is 88.5 cm³/mol. The van der Waals surface area contributed by atoms with Crippen molar-refractivity contribution < 1.29 is 23.1 Å². The van der Waals surface area contributed by atoms with E-state index in [4.69, 9.17) is 0 Å². The largest absolute Gasteiger partial charge is 0.387 e. The number of aromatic nitrogens is 2. The van der Waals surface area contributed by atoms with Crippen molar-refractivity contribution in [3.05, 3.63) is 47.0 Å². The van der Waals surface area contributed by atoms with E-state index in [0.717, 1.165) is 13.0 Å². The number of fused-ring (bicyclic) bond motifs is 1. The van der Waals surface area contributed by atoms with Crippen LogP contribution in [0.3, 0.4) is 0 Å². The number of halogens is 3. The van der Waals surface area contributed by atoms with Crippen LogP contribution in [0.2, 0.25) is 0 Å². The Hall–Kier alpha value is -2.55. The third-order valence-electron chi connectivity index (χ3n) is 4.64. The van der Waals surface area contributed by atoms with Gasteiger partial charge in [-0.1, -0.05) is 0 Å². The number of aliphatic hydroxyl groups is 1. The summed E-state index contributed by atoms with van der Waals surface area (Å²) in [5.41, 5.74) is -1.34. The number of aliphatic hydroxyl groups excluding tert-OH is 1. The molecule has 3 rings (SSSR count). The standard InChI is InChI=1S/C17H19F3N4O2/c1-9(25)13-4-5-24(23-13)8-10-6-14-11(7-12(10)18)16(2,17(3,19)20)22-15(26)21-14/h4-7,9,25H,8H2,1-3H3,(H2,21,22,26)/t9?,16-/m0/s1. The Morgan fingerprint density at radius 2 is 2.12 bits per heavy atom. The molecule has 140 valence electrons. The van der Waals surface area contributed by atoms with Gasteiger partial charge >= 0.3 is 6.03 Å². The molecule has 0 bridgehead atoms. The predicted octanol–water partition coefficient (Wildman–Crippen LogP) is 3.13. The highest BCUT2D eigenvalue weighted by Gasteiger charge is 2.52. The average molecular weight is 368 g/mol. The second-order valence-electron chi connectivity index (χ2n) is 6.70. The summed E-state index contributed by atoms with van der Waals surface area (Å²) in [6, 6.07) is 3.15. The Morgan fingerprint density at radius 3 is 2.69 bits per heavy atom. The number of carbonyl (C=O) groups is 1. The molecule has 9 heteroatoms. The average Bonchev–Trinajstić information content (AvgIpc) is 2.97. The first kappa shape index (κ1) is 18.2. The number of alkyl halides is 2. The third kappa shape index (κ3) is 3.03. The number of anilines is 1. The number of amides is 2. The van der Waals surface area contributed by atoms with Crippen molar-refractivity contribution in [2.45, 2.75) is 44.9 Å². The van der Waals surface area contributed by atoms with Gasteiger partial charge in [-0.15, -0.1) is 0 Å². The number of rotatable bonds is 4. The van der Waals surface area contributed by atoms with Crippen LogP contribution in [0.5, 0.6) is 0 Å². The molecule has 1 aliphatic rings. The van der Waals surface area contributed by atoms with E-state index in [0.29, 0.717) is 12.6 Å². The summed E-state index contributed by atoms with van der Waals surface area (Å²) in [7, 11) is 0. The summed E-state index contributed by atoms with van der Waals surface area (Å²) in [5.74, 6) is -3.99. The van der Waals surface area contributed by atoms with Gasteiger partial charge in [-0.2, -0.15) is 5.10 Å². The van der Waals surface area contributed by atoms with Gasteiger partial charge in [0, 0.05) is 29.9 Å². The molecule has 26 heavy (non-hydrogen) atoms. The zero-order valence-corrected chi connectivity index (χ0v) is 14.5. The topological polar surface area (TPSA) is 79.2 Å². The zero-order chi connectivity index (χ0) is 19.3. The number of hydrogen-bond acceptors (Lipinski definition) is 3. The van der Waals surface area contributed by atoms with Crippen LogP contribution in [0.15, 0.2) is 24.4 Å². The van der Waals surface area contributed by atoms with Crippen LogP contribution in [0.4, 0.5) is 23.7 Å². The Bertz CT molecular complexity index is 860. The van der Waals surface area contributed by atoms with Gasteiger partial charge in [0.25, 0.3) is 5.92 Å². The number of urea groups is 1. The molecule has 1 aliphatic heterocycles. The quantitative estimate of drug-likeness (QED) is 0.776. The molecule has 0 fully saturated rings. The first-order chi connectivity index (χ1) is 12.0. The van der Waals surface area contributed by atoms with E-state index >= 15 is 0 Å². The molecule has 0 saturated carbocycles. The first-order valence-electron chi connectivity index (χ1n) is 8.02. The number of nitrogens with one attached hydrogen (secondary N) is 2. The number of carbonyl (C=O) groups excluding carboxylic acids is 1. The van der Waals surface area contributed by atoms with Crippen LogP contribution in [-0.4, -0.2) is 26.8 Å². The van der Waals surface area contributed by atoms with Crippen LogP contribution in [0.25, 0.3) is 0 Å². The molecule has 0 radical (unpaired) electrons. The van der Waals surface area contributed by atoms with Gasteiger partial charge in [0.15, 0.2) is 0 Å². The second kappa shape index (κ2) is 6.01.